The maximum Gasteiger partial charge on any atom is 0.433 e. The standard InChI is InChI=1S/C12H15N3O6/c1-8(13-14-12(17)20-9(2)7-16)3-4-10-5-6-11(21-10)15(18)19/h3-6,9,16H,7H2,1-2H3,(H,14,17)/b4-3+,13-8+. The quantitative estimate of drug-likeness (QED) is 0.467. The van der Waals surface area contributed by atoms with Crippen molar-refractivity contribution in [3.8, 4) is 0 Å². The Morgan fingerprint density at radius 1 is 1.67 bits per heavy atom. The van der Waals surface area contributed by atoms with E-state index in [0.717, 1.165) is 0 Å². The van der Waals surface area contributed by atoms with Crippen LogP contribution in [-0.4, -0.2) is 34.5 Å². The van der Waals surface area contributed by atoms with Gasteiger partial charge in [0.15, 0.2) is 0 Å². The number of carbonyl (C=O) groups excluding carboxylic acids is 1. The van der Waals surface area contributed by atoms with E-state index in [0.29, 0.717) is 5.71 Å². The van der Waals surface area contributed by atoms with Crippen molar-refractivity contribution in [1.82, 2.24) is 5.43 Å². The van der Waals surface area contributed by atoms with Crippen LogP contribution in [0.1, 0.15) is 19.6 Å². The first-order chi connectivity index (χ1) is 9.92. The number of hydrogen-bond donors (Lipinski definition) is 2. The molecule has 1 unspecified atom stereocenters. The van der Waals surface area contributed by atoms with E-state index in [-0.39, 0.29) is 18.3 Å². The van der Waals surface area contributed by atoms with Crippen molar-refractivity contribution in [3.63, 3.8) is 0 Å². The monoisotopic (exact) mass is 297 g/mol. The average molecular weight is 297 g/mol. The van der Waals surface area contributed by atoms with Gasteiger partial charge in [-0.15, -0.1) is 0 Å². The van der Waals surface area contributed by atoms with E-state index >= 15 is 0 Å². The number of aliphatic hydroxyl groups excluding tert-OH is 1. The fourth-order valence-electron chi connectivity index (χ4n) is 1.15. The van der Waals surface area contributed by atoms with Crippen LogP contribution in [0.2, 0.25) is 0 Å². The highest BCUT2D eigenvalue weighted by molar-refractivity contribution is 5.96. The molecule has 0 radical (unpaired) electrons. The molecule has 1 aromatic rings. The Bertz CT molecular complexity index is 563. The number of nitrogens with one attached hydrogen (secondary N) is 1. The lowest BCUT2D eigenvalue weighted by Gasteiger charge is -2.08. The number of aliphatic hydroxyl groups is 1. The number of rotatable bonds is 6. The molecule has 1 aromatic heterocycles. The molecule has 9 nitrogen and oxygen atoms in total. The van der Waals surface area contributed by atoms with Gasteiger partial charge in [-0.05, 0) is 32.1 Å². The summed E-state index contributed by atoms with van der Waals surface area (Å²) < 4.78 is 9.63. The molecule has 1 atom stereocenters. The lowest BCUT2D eigenvalue weighted by atomic mass is 10.3. The molecule has 0 saturated carbocycles. The van der Waals surface area contributed by atoms with Crippen LogP contribution >= 0.6 is 0 Å². The largest absolute Gasteiger partial charge is 0.443 e. The Balaban J connectivity index is 2.52. The summed E-state index contributed by atoms with van der Waals surface area (Å²) in [5.41, 5.74) is 2.55. The normalized spacial score (nSPS) is 13.2. The van der Waals surface area contributed by atoms with E-state index in [2.05, 4.69) is 10.5 Å². The Morgan fingerprint density at radius 3 is 2.95 bits per heavy atom. The van der Waals surface area contributed by atoms with E-state index < -0.39 is 17.1 Å². The Morgan fingerprint density at radius 2 is 2.38 bits per heavy atom. The van der Waals surface area contributed by atoms with Crippen LogP contribution in [0.25, 0.3) is 6.08 Å². The molecular formula is C12H15N3O6. The van der Waals surface area contributed by atoms with E-state index in [1.54, 1.807) is 6.92 Å². The molecule has 0 aliphatic heterocycles. The van der Waals surface area contributed by atoms with Gasteiger partial charge in [-0.2, -0.15) is 5.10 Å². The number of amides is 1. The van der Waals surface area contributed by atoms with Gasteiger partial charge in [-0.25, -0.2) is 10.2 Å². The second kappa shape index (κ2) is 7.80. The number of hydrazone groups is 1. The molecule has 21 heavy (non-hydrogen) atoms. The first kappa shape index (κ1) is 16.4. The predicted octanol–water partition coefficient (Wildman–Crippen LogP) is 1.68. The minimum absolute atomic E-state index is 0.284. The summed E-state index contributed by atoms with van der Waals surface area (Å²) in [7, 11) is 0. The highest BCUT2D eigenvalue weighted by Gasteiger charge is 2.10. The lowest BCUT2D eigenvalue weighted by molar-refractivity contribution is -0.402. The van der Waals surface area contributed by atoms with Crippen molar-refractivity contribution >= 4 is 23.8 Å². The minimum atomic E-state index is -0.794. The number of furan rings is 1. The minimum Gasteiger partial charge on any atom is -0.443 e. The van der Waals surface area contributed by atoms with Gasteiger partial charge in [0.05, 0.1) is 18.4 Å². The molecule has 1 rings (SSSR count). The van der Waals surface area contributed by atoms with Crippen LogP contribution in [0.4, 0.5) is 10.7 Å². The van der Waals surface area contributed by atoms with Crippen molar-refractivity contribution < 1.29 is 24.0 Å². The van der Waals surface area contributed by atoms with Crippen LogP contribution in [-0.2, 0) is 4.74 Å². The Kier molecular flexibility index (Phi) is 6.08. The topological polar surface area (TPSA) is 127 Å². The highest BCUT2D eigenvalue weighted by atomic mass is 16.6. The second-order valence-electron chi connectivity index (χ2n) is 4.03. The van der Waals surface area contributed by atoms with Gasteiger partial charge in [0.25, 0.3) is 0 Å². The number of hydrogen-bond acceptors (Lipinski definition) is 7. The van der Waals surface area contributed by atoms with Crippen molar-refractivity contribution in [1.29, 1.82) is 0 Å². The van der Waals surface area contributed by atoms with Crippen LogP contribution < -0.4 is 5.43 Å². The molecule has 0 fully saturated rings. The van der Waals surface area contributed by atoms with Crippen LogP contribution in [0.3, 0.4) is 0 Å². The van der Waals surface area contributed by atoms with Crippen LogP contribution in [0.5, 0.6) is 0 Å². The summed E-state index contributed by atoms with van der Waals surface area (Å²) in [5, 5.41) is 22.8. The number of nitro groups is 1. The van der Waals surface area contributed by atoms with Gasteiger partial charge in [-0.1, -0.05) is 0 Å². The first-order valence-corrected chi connectivity index (χ1v) is 5.96. The fourth-order valence-corrected chi connectivity index (χ4v) is 1.15. The third-order valence-electron chi connectivity index (χ3n) is 2.17. The van der Waals surface area contributed by atoms with E-state index in [1.165, 1.54) is 31.2 Å². The van der Waals surface area contributed by atoms with Gasteiger partial charge in [0.2, 0.25) is 0 Å². The smallest absolute Gasteiger partial charge is 0.433 e. The molecule has 1 amide bonds. The van der Waals surface area contributed by atoms with Crippen molar-refractivity contribution in [2.75, 3.05) is 6.61 Å². The zero-order valence-corrected chi connectivity index (χ0v) is 11.5. The highest BCUT2D eigenvalue weighted by Crippen LogP contribution is 2.16. The summed E-state index contributed by atoms with van der Waals surface area (Å²) in [5.74, 6) is -0.0725. The van der Waals surface area contributed by atoms with Gasteiger partial charge in [-0.3, -0.25) is 10.1 Å². The Hall–Kier alpha value is -2.68. The maximum absolute atomic E-state index is 11.2. The van der Waals surface area contributed by atoms with E-state index in [9.17, 15) is 14.9 Å². The van der Waals surface area contributed by atoms with Crippen molar-refractivity contribution in [2.45, 2.75) is 20.0 Å². The molecular weight excluding hydrogens is 282 g/mol. The number of nitrogens with zero attached hydrogens (tertiary/aromatic N) is 2. The van der Waals surface area contributed by atoms with Crippen LogP contribution in [0, 0.1) is 10.1 Å². The molecule has 0 bridgehead atoms. The van der Waals surface area contributed by atoms with Gasteiger partial charge < -0.3 is 14.3 Å². The fraction of sp³-hybridized carbons (Fsp3) is 0.333. The molecule has 1 heterocycles. The Labute approximate surface area is 120 Å². The number of ether oxygens (including phenoxy) is 1. The average Bonchev–Trinajstić information content (AvgIpc) is 2.91. The number of carbonyl (C=O) groups is 1. The molecule has 2 N–H and O–H groups in total. The first-order valence-electron chi connectivity index (χ1n) is 5.96. The maximum atomic E-state index is 11.2. The third kappa shape index (κ3) is 5.87. The summed E-state index contributed by atoms with van der Waals surface area (Å²) in [4.78, 5) is 21.0. The summed E-state index contributed by atoms with van der Waals surface area (Å²) in [6, 6.07) is 2.67. The number of allylic oxidation sites excluding steroid dienone is 1. The van der Waals surface area contributed by atoms with Gasteiger partial charge in [0.1, 0.15) is 16.8 Å². The van der Waals surface area contributed by atoms with E-state index in [4.69, 9.17) is 14.3 Å². The molecule has 0 aliphatic carbocycles. The zero-order chi connectivity index (χ0) is 15.8. The van der Waals surface area contributed by atoms with Crippen molar-refractivity contribution in [3.05, 3.63) is 34.1 Å². The summed E-state index contributed by atoms with van der Waals surface area (Å²) >= 11 is 0. The lowest BCUT2D eigenvalue weighted by Crippen LogP contribution is -2.26. The molecule has 0 aromatic carbocycles. The summed E-state index contributed by atoms with van der Waals surface area (Å²) in [6.07, 6.45) is 1.55. The third-order valence-corrected chi connectivity index (χ3v) is 2.17. The van der Waals surface area contributed by atoms with Gasteiger partial charge >= 0.3 is 12.0 Å². The molecule has 0 saturated heterocycles. The van der Waals surface area contributed by atoms with Crippen LogP contribution in [0.15, 0.2) is 27.7 Å². The second-order valence-corrected chi connectivity index (χ2v) is 4.03. The SMILES string of the molecule is CC(/C=C/c1ccc([N+](=O)[O-])o1)=N\NC(=O)OC(C)CO. The summed E-state index contributed by atoms with van der Waals surface area (Å²) in [6.45, 7) is 2.84. The predicted molar refractivity (Wildman–Crippen MR) is 73.7 cm³/mol. The van der Waals surface area contributed by atoms with Gasteiger partial charge in [0, 0.05) is 0 Å². The molecule has 9 heteroatoms. The molecule has 0 spiro atoms. The van der Waals surface area contributed by atoms with Crippen molar-refractivity contribution in [2.24, 2.45) is 5.10 Å². The molecule has 114 valence electrons. The zero-order valence-electron chi connectivity index (χ0n) is 11.5. The van der Waals surface area contributed by atoms with E-state index in [1.807, 2.05) is 0 Å². The molecule has 0 aliphatic rings.